The number of aromatic amines is 1. The van der Waals surface area contributed by atoms with E-state index in [1.165, 1.54) is 17.3 Å². The predicted molar refractivity (Wildman–Crippen MR) is 132 cm³/mol. The van der Waals surface area contributed by atoms with Gasteiger partial charge in [-0.1, -0.05) is 90.6 Å². The molecule has 2 aromatic heterocycles. The highest BCUT2D eigenvalue weighted by Crippen LogP contribution is 2.41. The Morgan fingerprint density at radius 3 is 2.47 bits per heavy atom. The Bertz CT molecular complexity index is 1420. The molecule has 1 atom stereocenters. The summed E-state index contributed by atoms with van der Waals surface area (Å²) in [6, 6.07) is 28.2. The first kappa shape index (κ1) is 20.4. The molecule has 3 aromatic carbocycles. The molecule has 166 valence electrons. The number of H-pyrrole nitrogens is 1. The minimum atomic E-state index is -0.514. The van der Waals surface area contributed by atoms with Gasteiger partial charge in [-0.05, 0) is 11.6 Å². The molecule has 6 rings (SSSR count). The number of nitrogens with zero attached hydrogens (tertiary/aromatic N) is 4. The Morgan fingerprint density at radius 2 is 1.62 bits per heavy atom. The molecule has 0 unspecified atom stereocenters. The first-order valence-electron chi connectivity index (χ1n) is 10.9. The van der Waals surface area contributed by atoms with E-state index in [-0.39, 0.29) is 0 Å². The van der Waals surface area contributed by atoms with Gasteiger partial charge in [-0.15, -0.1) is 10.2 Å². The normalized spacial score (nSPS) is 14.3. The van der Waals surface area contributed by atoms with E-state index in [0.29, 0.717) is 16.7 Å². The van der Waals surface area contributed by atoms with Crippen molar-refractivity contribution in [2.45, 2.75) is 17.1 Å². The molecule has 0 spiro atoms. The molecule has 0 aliphatic carbocycles. The highest BCUT2D eigenvalue weighted by molar-refractivity contribution is 7.98. The van der Waals surface area contributed by atoms with E-state index in [4.69, 9.17) is 9.72 Å². The monoisotopic (exact) mass is 464 g/mol. The number of nitrogens with one attached hydrogen (secondary N) is 2. The summed E-state index contributed by atoms with van der Waals surface area (Å²) in [7, 11) is 0. The standard InChI is InChI=1S/C26H20N6OS/c1-3-9-17(10-4-1)16-34-26-29-25-23(31-32-26)19-13-7-8-14-21(19)28-24(33-25)20-15-27-30-22(20)18-11-5-2-6-12-18/h1-15,24,28H,16H2,(H,27,30)/t24-/m1/s1. The van der Waals surface area contributed by atoms with E-state index in [1.807, 2.05) is 72.8 Å². The van der Waals surface area contributed by atoms with Crippen molar-refractivity contribution in [3.05, 3.63) is 102 Å². The lowest BCUT2D eigenvalue weighted by molar-refractivity contribution is 0.226. The maximum atomic E-state index is 6.44. The summed E-state index contributed by atoms with van der Waals surface area (Å²) in [5, 5.41) is 20.4. The summed E-state index contributed by atoms with van der Waals surface area (Å²) in [6.07, 6.45) is 1.27. The molecule has 2 N–H and O–H groups in total. The molecule has 0 radical (unpaired) electrons. The van der Waals surface area contributed by atoms with E-state index in [1.54, 1.807) is 6.20 Å². The first-order chi connectivity index (χ1) is 16.8. The van der Waals surface area contributed by atoms with Crippen LogP contribution in [0.15, 0.2) is 96.3 Å². The van der Waals surface area contributed by atoms with Crippen LogP contribution >= 0.6 is 11.8 Å². The molecule has 5 aromatic rings. The summed E-state index contributed by atoms with van der Waals surface area (Å²) in [4.78, 5) is 4.75. The molecule has 0 amide bonds. The van der Waals surface area contributed by atoms with E-state index in [2.05, 4.69) is 37.8 Å². The van der Waals surface area contributed by atoms with Crippen LogP contribution in [0.25, 0.3) is 22.5 Å². The highest BCUT2D eigenvalue weighted by Gasteiger charge is 2.28. The molecule has 34 heavy (non-hydrogen) atoms. The third-order valence-corrected chi connectivity index (χ3v) is 6.47. The maximum absolute atomic E-state index is 6.44. The zero-order valence-corrected chi connectivity index (χ0v) is 18.9. The lowest BCUT2D eigenvalue weighted by Crippen LogP contribution is -2.17. The van der Waals surface area contributed by atoms with Crippen molar-refractivity contribution in [3.63, 3.8) is 0 Å². The van der Waals surface area contributed by atoms with Crippen LogP contribution in [-0.2, 0) is 5.75 Å². The molecule has 8 heteroatoms. The second-order valence-electron chi connectivity index (χ2n) is 7.78. The topological polar surface area (TPSA) is 88.6 Å². The first-order valence-corrected chi connectivity index (χ1v) is 11.9. The average Bonchev–Trinajstić information content (AvgIpc) is 3.33. The van der Waals surface area contributed by atoms with Crippen molar-refractivity contribution in [2.75, 3.05) is 5.32 Å². The van der Waals surface area contributed by atoms with Gasteiger partial charge in [-0.2, -0.15) is 10.1 Å². The number of thioether (sulfide) groups is 1. The van der Waals surface area contributed by atoms with Crippen LogP contribution in [0.2, 0.25) is 0 Å². The second kappa shape index (κ2) is 8.99. The largest absolute Gasteiger partial charge is 0.448 e. The molecule has 0 bridgehead atoms. The number of hydrogen-bond acceptors (Lipinski definition) is 7. The van der Waals surface area contributed by atoms with Gasteiger partial charge >= 0.3 is 0 Å². The molecular formula is C26H20N6OS. The number of aromatic nitrogens is 5. The molecule has 1 aliphatic rings. The van der Waals surface area contributed by atoms with Crippen LogP contribution < -0.4 is 10.1 Å². The van der Waals surface area contributed by atoms with Crippen molar-refractivity contribution in [1.82, 2.24) is 25.4 Å². The van der Waals surface area contributed by atoms with Gasteiger partial charge in [0.05, 0.1) is 17.5 Å². The third-order valence-electron chi connectivity index (χ3n) is 5.56. The van der Waals surface area contributed by atoms with Gasteiger partial charge in [0.15, 0.2) is 5.69 Å². The van der Waals surface area contributed by atoms with Gasteiger partial charge in [0.2, 0.25) is 17.3 Å². The van der Waals surface area contributed by atoms with E-state index < -0.39 is 6.23 Å². The van der Waals surface area contributed by atoms with Crippen molar-refractivity contribution < 1.29 is 4.74 Å². The Hall–Kier alpha value is -4.17. The fraction of sp³-hybridized carbons (Fsp3) is 0.0769. The molecule has 3 heterocycles. The van der Waals surface area contributed by atoms with E-state index in [0.717, 1.165) is 33.8 Å². The molecule has 1 aliphatic heterocycles. The summed E-state index contributed by atoms with van der Waals surface area (Å²) >= 11 is 1.53. The van der Waals surface area contributed by atoms with Crippen molar-refractivity contribution >= 4 is 17.4 Å². The maximum Gasteiger partial charge on any atom is 0.247 e. The molecule has 0 saturated carbocycles. The predicted octanol–water partition coefficient (Wildman–Crippen LogP) is 5.72. The van der Waals surface area contributed by atoms with Crippen LogP contribution in [0.5, 0.6) is 5.88 Å². The Balaban J connectivity index is 1.38. The minimum Gasteiger partial charge on any atom is -0.448 e. The SMILES string of the molecule is c1ccc(CSc2nnc3c(n2)O[C@H](c2cn[nH]c2-c2ccccc2)Nc2ccccc2-3)cc1. The average molecular weight is 465 g/mol. The fourth-order valence-electron chi connectivity index (χ4n) is 3.90. The Morgan fingerprint density at radius 1 is 0.853 bits per heavy atom. The van der Waals surface area contributed by atoms with Crippen molar-refractivity contribution in [1.29, 1.82) is 0 Å². The second-order valence-corrected chi connectivity index (χ2v) is 8.72. The van der Waals surface area contributed by atoms with Gasteiger partial charge in [-0.3, -0.25) is 5.10 Å². The van der Waals surface area contributed by atoms with Gasteiger partial charge in [0.1, 0.15) is 0 Å². The molecule has 0 fully saturated rings. The number of fused-ring (bicyclic) bond motifs is 3. The Kier molecular flexibility index (Phi) is 5.41. The van der Waals surface area contributed by atoms with Crippen LogP contribution in [0.3, 0.4) is 0 Å². The molecule has 0 saturated heterocycles. The number of rotatable bonds is 5. The van der Waals surface area contributed by atoms with Crippen molar-refractivity contribution in [3.8, 4) is 28.4 Å². The van der Waals surface area contributed by atoms with Gasteiger partial charge in [0, 0.05) is 22.6 Å². The van der Waals surface area contributed by atoms with E-state index in [9.17, 15) is 0 Å². The van der Waals surface area contributed by atoms with Gasteiger partial charge in [-0.25, -0.2) is 0 Å². The summed E-state index contributed by atoms with van der Waals surface area (Å²) in [5.74, 6) is 1.19. The number of para-hydroxylation sites is 1. The van der Waals surface area contributed by atoms with Crippen molar-refractivity contribution in [2.24, 2.45) is 0 Å². The number of ether oxygens (including phenoxy) is 1. The number of hydrogen-bond donors (Lipinski definition) is 2. The van der Waals surface area contributed by atoms with E-state index >= 15 is 0 Å². The smallest absolute Gasteiger partial charge is 0.247 e. The van der Waals surface area contributed by atoms with Crippen LogP contribution in [0, 0.1) is 0 Å². The summed E-state index contributed by atoms with van der Waals surface area (Å²) < 4.78 is 6.44. The quantitative estimate of drug-likeness (QED) is 0.321. The fourth-order valence-corrected chi connectivity index (χ4v) is 4.64. The summed E-state index contributed by atoms with van der Waals surface area (Å²) in [5.41, 5.74) is 6.39. The number of benzene rings is 3. The van der Waals surface area contributed by atoms with Gasteiger partial charge < -0.3 is 10.1 Å². The summed E-state index contributed by atoms with van der Waals surface area (Å²) in [6.45, 7) is 0. The Labute approximate surface area is 200 Å². The van der Waals surface area contributed by atoms with Crippen LogP contribution in [-0.4, -0.2) is 25.4 Å². The zero-order chi connectivity index (χ0) is 22.7. The highest BCUT2D eigenvalue weighted by atomic mass is 32.2. The molecule has 7 nitrogen and oxygen atoms in total. The third kappa shape index (κ3) is 3.99. The molecular weight excluding hydrogens is 444 g/mol. The lowest BCUT2D eigenvalue weighted by atomic mass is 10.1. The minimum absolute atomic E-state index is 0.438. The zero-order valence-electron chi connectivity index (χ0n) is 18.1. The van der Waals surface area contributed by atoms with Gasteiger partial charge in [0.25, 0.3) is 0 Å². The van der Waals surface area contributed by atoms with Crippen LogP contribution in [0.4, 0.5) is 5.69 Å². The number of anilines is 1. The lowest BCUT2D eigenvalue weighted by Gasteiger charge is -2.19. The van der Waals surface area contributed by atoms with Crippen LogP contribution in [0.1, 0.15) is 17.4 Å².